The van der Waals surface area contributed by atoms with Crippen LogP contribution in [-0.2, 0) is 28.6 Å². The molecule has 0 spiro atoms. The Kier molecular flexibility index (Phi) is 63.2. The molecule has 0 aliphatic heterocycles. The molecule has 0 amide bonds. The van der Waals surface area contributed by atoms with Crippen LogP contribution >= 0.6 is 0 Å². The lowest BCUT2D eigenvalue weighted by atomic mass is 10.0. The first-order chi connectivity index (χ1) is 38.5. The van der Waals surface area contributed by atoms with E-state index in [9.17, 15) is 14.4 Å². The molecule has 0 fully saturated rings. The number of rotatable bonds is 61. The molecule has 0 N–H and O–H groups in total. The Balaban J connectivity index is 4.19. The third kappa shape index (κ3) is 63.4. The Morgan fingerprint density at radius 3 is 0.782 bits per heavy atom. The number of unbranched alkanes of at least 4 members (excludes halogenated alkanes) is 36. The molecule has 0 heterocycles. The summed E-state index contributed by atoms with van der Waals surface area (Å²) in [6, 6.07) is 0. The average molecular weight is 1090 g/mol. The summed E-state index contributed by atoms with van der Waals surface area (Å²) in [5, 5.41) is 0. The lowest BCUT2D eigenvalue weighted by Gasteiger charge is -2.18. The van der Waals surface area contributed by atoms with Crippen LogP contribution < -0.4 is 0 Å². The average Bonchev–Trinajstić information content (AvgIpc) is 3.44. The fraction of sp³-hybridized carbons (Fsp3) is 0.764. The second-order valence-electron chi connectivity index (χ2n) is 22.4. The van der Waals surface area contributed by atoms with Crippen LogP contribution in [0.5, 0.6) is 0 Å². The molecule has 0 radical (unpaired) electrons. The maximum atomic E-state index is 12.9. The highest BCUT2D eigenvalue weighted by atomic mass is 16.6. The molecule has 0 aromatic rings. The third-order valence-electron chi connectivity index (χ3n) is 14.7. The minimum Gasteiger partial charge on any atom is -0.462 e. The first kappa shape index (κ1) is 74.6. The zero-order chi connectivity index (χ0) is 56.4. The number of allylic oxidation sites excluding steroid dienone is 14. The molecule has 0 aliphatic rings. The Morgan fingerprint density at radius 2 is 0.500 bits per heavy atom. The van der Waals surface area contributed by atoms with Crippen molar-refractivity contribution in [2.45, 2.75) is 341 Å². The van der Waals surface area contributed by atoms with E-state index < -0.39 is 6.10 Å². The minimum absolute atomic E-state index is 0.0792. The third-order valence-corrected chi connectivity index (χ3v) is 14.7. The fourth-order valence-corrected chi connectivity index (χ4v) is 9.66. The van der Waals surface area contributed by atoms with Gasteiger partial charge in [0.15, 0.2) is 6.10 Å². The van der Waals surface area contributed by atoms with Gasteiger partial charge >= 0.3 is 17.9 Å². The maximum Gasteiger partial charge on any atom is 0.306 e. The molecule has 0 aliphatic carbocycles. The van der Waals surface area contributed by atoms with E-state index in [1.165, 1.54) is 173 Å². The molecule has 450 valence electrons. The summed E-state index contributed by atoms with van der Waals surface area (Å²) in [5.41, 5.74) is 0. The SMILES string of the molecule is CC/C=C\C/C=C\C/C=C\C/C=C\C/C=C\C/C=C\C/C=C\CCCCCCCC(=O)OCC(COC(=O)CCCCCCCCCC)OC(=O)CCCCCCCCCCCCCCCCCCCCCCCCCCC. The summed E-state index contributed by atoms with van der Waals surface area (Å²) in [7, 11) is 0. The van der Waals surface area contributed by atoms with Crippen LogP contribution in [0.15, 0.2) is 85.1 Å². The molecule has 1 unspecified atom stereocenters. The van der Waals surface area contributed by atoms with Crippen molar-refractivity contribution in [3.05, 3.63) is 85.1 Å². The predicted molar refractivity (Wildman–Crippen MR) is 339 cm³/mol. The highest BCUT2D eigenvalue weighted by Crippen LogP contribution is 2.18. The molecule has 78 heavy (non-hydrogen) atoms. The van der Waals surface area contributed by atoms with Gasteiger partial charge in [-0.25, -0.2) is 0 Å². The number of carbonyl (C=O) groups excluding carboxylic acids is 3. The molecule has 0 aromatic heterocycles. The number of ether oxygens (including phenoxy) is 3. The molecule has 0 bridgehead atoms. The summed E-state index contributed by atoms with van der Waals surface area (Å²) in [6.45, 7) is 6.52. The highest BCUT2D eigenvalue weighted by Gasteiger charge is 2.19. The minimum atomic E-state index is -0.782. The van der Waals surface area contributed by atoms with Crippen LogP contribution in [0, 0.1) is 0 Å². The molecule has 6 heteroatoms. The number of carbonyl (C=O) groups is 3. The van der Waals surface area contributed by atoms with Gasteiger partial charge in [0.25, 0.3) is 0 Å². The summed E-state index contributed by atoms with van der Waals surface area (Å²) in [5.74, 6) is -0.888. The summed E-state index contributed by atoms with van der Waals surface area (Å²) in [6.07, 6.45) is 87.6. The topological polar surface area (TPSA) is 78.9 Å². The van der Waals surface area contributed by atoms with Crippen molar-refractivity contribution in [3.8, 4) is 0 Å². The quantitative estimate of drug-likeness (QED) is 0.0261. The molecular formula is C72H126O6. The zero-order valence-corrected chi connectivity index (χ0v) is 51.7. The monoisotopic (exact) mass is 1090 g/mol. The van der Waals surface area contributed by atoms with Gasteiger partial charge < -0.3 is 14.2 Å². The summed E-state index contributed by atoms with van der Waals surface area (Å²) >= 11 is 0. The fourth-order valence-electron chi connectivity index (χ4n) is 9.66. The number of hydrogen-bond donors (Lipinski definition) is 0. The van der Waals surface area contributed by atoms with Crippen LogP contribution in [0.25, 0.3) is 0 Å². The van der Waals surface area contributed by atoms with E-state index in [1.807, 2.05) is 0 Å². The first-order valence-electron chi connectivity index (χ1n) is 33.6. The molecule has 0 saturated carbocycles. The Hall–Kier alpha value is -3.41. The van der Waals surface area contributed by atoms with Gasteiger partial charge in [0, 0.05) is 19.3 Å². The molecule has 0 saturated heterocycles. The van der Waals surface area contributed by atoms with E-state index in [0.717, 1.165) is 122 Å². The van der Waals surface area contributed by atoms with Gasteiger partial charge in [0.1, 0.15) is 13.2 Å². The van der Waals surface area contributed by atoms with Crippen LogP contribution in [0.1, 0.15) is 335 Å². The van der Waals surface area contributed by atoms with Gasteiger partial charge in [-0.3, -0.25) is 14.4 Å². The summed E-state index contributed by atoms with van der Waals surface area (Å²) in [4.78, 5) is 38.2. The molecular weight excluding hydrogens is 961 g/mol. The lowest BCUT2D eigenvalue weighted by Crippen LogP contribution is -2.30. The van der Waals surface area contributed by atoms with Crippen LogP contribution in [0.3, 0.4) is 0 Å². The van der Waals surface area contributed by atoms with Gasteiger partial charge in [-0.15, -0.1) is 0 Å². The van der Waals surface area contributed by atoms with Crippen molar-refractivity contribution in [3.63, 3.8) is 0 Å². The second-order valence-corrected chi connectivity index (χ2v) is 22.4. The van der Waals surface area contributed by atoms with Crippen molar-refractivity contribution in [1.29, 1.82) is 0 Å². The number of hydrogen-bond acceptors (Lipinski definition) is 6. The van der Waals surface area contributed by atoms with Gasteiger partial charge in [0.2, 0.25) is 0 Å². The highest BCUT2D eigenvalue weighted by molar-refractivity contribution is 5.71. The maximum absolute atomic E-state index is 12.9. The molecule has 0 rings (SSSR count). The zero-order valence-electron chi connectivity index (χ0n) is 51.7. The van der Waals surface area contributed by atoms with E-state index in [2.05, 4.69) is 106 Å². The van der Waals surface area contributed by atoms with Crippen molar-refractivity contribution >= 4 is 17.9 Å². The van der Waals surface area contributed by atoms with Gasteiger partial charge in [-0.2, -0.15) is 0 Å². The predicted octanol–water partition coefficient (Wildman–Crippen LogP) is 23.1. The van der Waals surface area contributed by atoms with Gasteiger partial charge in [0.05, 0.1) is 0 Å². The lowest BCUT2D eigenvalue weighted by molar-refractivity contribution is -0.167. The molecule has 1 atom stereocenters. The van der Waals surface area contributed by atoms with E-state index in [1.54, 1.807) is 0 Å². The van der Waals surface area contributed by atoms with E-state index in [0.29, 0.717) is 19.3 Å². The standard InChI is InChI=1S/C72H126O6/c1-4-7-10-13-16-19-21-23-25-27-29-31-33-35-36-38-39-41-43-45-47-49-51-53-56-59-62-65-71(74)77-68-69(67-76-70(73)64-61-58-55-18-15-12-9-6-3)78-72(75)66-63-60-57-54-52-50-48-46-44-42-40-37-34-32-30-28-26-24-22-20-17-14-11-8-5-2/h7,10,16,19,23,25,29,31,35-36,39,41,45,47,69H,4-6,8-9,11-15,17-18,20-22,24,26-28,30,32-34,37-38,40,42-44,46,48-68H2,1-3H3/b10-7-,19-16-,25-23-,31-29-,36-35-,41-39-,47-45-. The van der Waals surface area contributed by atoms with Gasteiger partial charge in [-0.1, -0.05) is 324 Å². The molecule has 0 aromatic carbocycles. The van der Waals surface area contributed by atoms with E-state index in [4.69, 9.17) is 14.2 Å². The van der Waals surface area contributed by atoms with Crippen LogP contribution in [0.4, 0.5) is 0 Å². The largest absolute Gasteiger partial charge is 0.462 e. The normalized spacial score (nSPS) is 12.6. The molecule has 6 nitrogen and oxygen atoms in total. The Labute approximate surface area is 484 Å². The van der Waals surface area contributed by atoms with Crippen molar-refractivity contribution < 1.29 is 28.6 Å². The summed E-state index contributed by atoms with van der Waals surface area (Å²) < 4.78 is 16.9. The smallest absolute Gasteiger partial charge is 0.306 e. The van der Waals surface area contributed by atoms with Crippen LogP contribution in [-0.4, -0.2) is 37.2 Å². The Morgan fingerprint density at radius 1 is 0.269 bits per heavy atom. The van der Waals surface area contributed by atoms with Crippen LogP contribution in [0.2, 0.25) is 0 Å². The van der Waals surface area contributed by atoms with Crippen molar-refractivity contribution in [2.24, 2.45) is 0 Å². The van der Waals surface area contributed by atoms with Crippen molar-refractivity contribution in [2.75, 3.05) is 13.2 Å². The number of esters is 3. The van der Waals surface area contributed by atoms with E-state index in [-0.39, 0.29) is 31.1 Å². The first-order valence-corrected chi connectivity index (χ1v) is 33.6. The second kappa shape index (κ2) is 66.1. The van der Waals surface area contributed by atoms with Gasteiger partial charge in [-0.05, 0) is 77.0 Å². The van der Waals surface area contributed by atoms with E-state index >= 15 is 0 Å². The Bertz CT molecular complexity index is 1480. The van der Waals surface area contributed by atoms with Crippen molar-refractivity contribution in [1.82, 2.24) is 0 Å².